The molecule has 4 aliphatic carbocycles. The lowest BCUT2D eigenvalue weighted by atomic mass is 9.46. The van der Waals surface area contributed by atoms with Gasteiger partial charge in [0.25, 0.3) is 0 Å². The van der Waals surface area contributed by atoms with Crippen LogP contribution < -0.4 is 0 Å². The second-order valence-electron chi connectivity index (χ2n) is 17.6. The number of rotatable bonds is 9. The molecule has 1 N–H and O–H groups in total. The lowest BCUT2D eigenvalue weighted by Gasteiger charge is -2.59. The highest BCUT2D eigenvalue weighted by atomic mass is 28.4. The molecular weight excluding hydrogens is 536 g/mol. The number of esters is 1. The van der Waals surface area contributed by atoms with E-state index in [9.17, 15) is 9.90 Å². The van der Waals surface area contributed by atoms with Gasteiger partial charge in [-0.25, -0.2) is 0 Å². The average molecular weight is 601 g/mol. The first-order chi connectivity index (χ1) is 19.3. The maximum atomic E-state index is 12.2. The van der Waals surface area contributed by atoms with E-state index in [0.29, 0.717) is 30.5 Å². The van der Waals surface area contributed by atoms with Crippen LogP contribution in [0.5, 0.6) is 0 Å². The molecule has 8 atom stereocenters. The minimum atomic E-state index is -1.78. The normalized spacial score (nSPS) is 35.9. The molecule has 0 bridgehead atoms. The number of hydrogen-bond acceptors (Lipinski definition) is 4. The van der Waals surface area contributed by atoms with Gasteiger partial charge < -0.3 is 14.3 Å². The Balaban J connectivity index is 1.50. The van der Waals surface area contributed by atoms with Crippen LogP contribution in [0.15, 0.2) is 23.3 Å². The summed E-state index contributed by atoms with van der Waals surface area (Å²) in [6.45, 7) is 25.7. The van der Waals surface area contributed by atoms with Gasteiger partial charge in [-0.2, -0.15) is 0 Å². The summed E-state index contributed by atoms with van der Waals surface area (Å²) in [6, 6.07) is 0. The quantitative estimate of drug-likeness (QED) is 0.124. The van der Waals surface area contributed by atoms with Crippen molar-refractivity contribution in [1.29, 1.82) is 0 Å². The summed E-state index contributed by atoms with van der Waals surface area (Å²) in [7, 11) is -1.78. The molecule has 0 amide bonds. The Kier molecular flexibility index (Phi) is 9.80. The zero-order valence-corrected chi connectivity index (χ0v) is 30.1. The van der Waals surface area contributed by atoms with Gasteiger partial charge in [-0.05, 0) is 131 Å². The predicted molar refractivity (Wildman–Crippen MR) is 177 cm³/mol. The van der Waals surface area contributed by atoms with E-state index in [1.54, 1.807) is 5.57 Å². The molecule has 2 saturated carbocycles. The van der Waals surface area contributed by atoms with Crippen LogP contribution in [0.4, 0.5) is 0 Å². The van der Waals surface area contributed by atoms with Gasteiger partial charge in [0.2, 0.25) is 0 Å². The number of ether oxygens (including phenoxy) is 1. The molecular formula is C37H64O4Si. The van der Waals surface area contributed by atoms with E-state index in [2.05, 4.69) is 66.8 Å². The second kappa shape index (κ2) is 12.1. The van der Waals surface area contributed by atoms with Crippen molar-refractivity contribution in [2.24, 2.45) is 45.8 Å². The Bertz CT molecular complexity index is 1040. The van der Waals surface area contributed by atoms with Crippen molar-refractivity contribution in [3.63, 3.8) is 0 Å². The summed E-state index contributed by atoms with van der Waals surface area (Å²) in [6.07, 6.45) is 16.1. The van der Waals surface area contributed by atoms with Crippen LogP contribution in [0.3, 0.4) is 0 Å². The highest BCUT2D eigenvalue weighted by molar-refractivity contribution is 6.74. The van der Waals surface area contributed by atoms with E-state index in [1.807, 2.05) is 20.8 Å². The molecule has 2 fully saturated rings. The molecule has 42 heavy (non-hydrogen) atoms. The van der Waals surface area contributed by atoms with Crippen molar-refractivity contribution in [3.05, 3.63) is 23.3 Å². The van der Waals surface area contributed by atoms with Crippen LogP contribution in [0.2, 0.25) is 18.1 Å². The highest BCUT2D eigenvalue weighted by Crippen LogP contribution is 2.67. The van der Waals surface area contributed by atoms with E-state index in [-0.39, 0.29) is 34.4 Å². The Labute approximate surface area is 259 Å². The van der Waals surface area contributed by atoms with Crippen LogP contribution in [0.1, 0.15) is 120 Å². The zero-order valence-electron chi connectivity index (χ0n) is 29.1. The molecule has 0 unspecified atom stereocenters. The van der Waals surface area contributed by atoms with Crippen molar-refractivity contribution in [2.75, 3.05) is 13.2 Å². The molecule has 0 aromatic rings. The topological polar surface area (TPSA) is 55.8 Å². The smallest absolute Gasteiger partial charge is 0.311 e. The Morgan fingerprint density at radius 2 is 1.74 bits per heavy atom. The van der Waals surface area contributed by atoms with Crippen molar-refractivity contribution >= 4 is 14.3 Å². The first-order valence-corrected chi connectivity index (χ1v) is 20.1. The lowest BCUT2D eigenvalue weighted by Crippen LogP contribution is -2.52. The molecule has 4 nitrogen and oxygen atoms in total. The molecule has 5 heteroatoms. The van der Waals surface area contributed by atoms with Gasteiger partial charge >= 0.3 is 5.97 Å². The number of aliphatic hydroxyl groups excluding tert-OH is 1. The molecule has 0 saturated heterocycles. The summed E-state index contributed by atoms with van der Waals surface area (Å²) in [4.78, 5) is 12.2. The van der Waals surface area contributed by atoms with Gasteiger partial charge in [0.1, 0.15) is 0 Å². The number of fused-ring (bicyclic) bond motifs is 5. The first kappa shape index (κ1) is 34.0. The Morgan fingerprint density at radius 1 is 1.07 bits per heavy atom. The van der Waals surface area contributed by atoms with Crippen molar-refractivity contribution in [2.45, 2.75) is 144 Å². The van der Waals surface area contributed by atoms with E-state index in [0.717, 1.165) is 31.6 Å². The number of carbonyl (C=O) groups excluding carboxylic acids is 1. The van der Waals surface area contributed by atoms with Crippen LogP contribution in [-0.2, 0) is 14.0 Å². The van der Waals surface area contributed by atoms with Crippen molar-refractivity contribution in [1.82, 2.24) is 0 Å². The zero-order chi connectivity index (χ0) is 31.3. The Hall–Kier alpha value is -0.913. The van der Waals surface area contributed by atoms with E-state index in [4.69, 9.17) is 9.16 Å². The number of allylic oxidation sites excluding steroid dienone is 2. The second-order valence-corrected chi connectivity index (χ2v) is 22.4. The maximum Gasteiger partial charge on any atom is 0.311 e. The molecule has 4 rings (SSSR count). The summed E-state index contributed by atoms with van der Waals surface area (Å²) in [5.41, 5.74) is 3.23. The highest BCUT2D eigenvalue weighted by Gasteiger charge is 2.59. The minimum Gasteiger partial charge on any atom is -0.465 e. The third kappa shape index (κ3) is 6.41. The lowest BCUT2D eigenvalue weighted by molar-refractivity contribution is -0.153. The minimum absolute atomic E-state index is 0.104. The molecule has 0 aromatic heterocycles. The van der Waals surface area contributed by atoms with Gasteiger partial charge in [0.15, 0.2) is 8.32 Å². The summed E-state index contributed by atoms with van der Waals surface area (Å²) < 4.78 is 12.5. The van der Waals surface area contributed by atoms with Crippen molar-refractivity contribution in [3.8, 4) is 0 Å². The molecule has 0 radical (unpaired) electrons. The van der Waals surface area contributed by atoms with Gasteiger partial charge in [-0.15, -0.1) is 0 Å². The van der Waals surface area contributed by atoms with Crippen LogP contribution in [0, 0.1) is 45.8 Å². The third-order valence-electron chi connectivity index (χ3n) is 12.7. The fraction of sp³-hybridized carbons (Fsp3) is 0.865. The molecule has 0 aliphatic heterocycles. The van der Waals surface area contributed by atoms with Gasteiger partial charge in [-0.3, -0.25) is 4.79 Å². The van der Waals surface area contributed by atoms with Gasteiger partial charge in [0, 0.05) is 18.6 Å². The monoisotopic (exact) mass is 600 g/mol. The molecule has 0 heterocycles. The summed E-state index contributed by atoms with van der Waals surface area (Å²) in [5.74, 6) is 2.72. The van der Waals surface area contributed by atoms with Crippen LogP contribution in [-0.4, -0.2) is 38.7 Å². The number of hydrogen-bond donors (Lipinski definition) is 1. The van der Waals surface area contributed by atoms with Crippen LogP contribution in [0.25, 0.3) is 0 Å². The Morgan fingerprint density at radius 3 is 2.36 bits per heavy atom. The van der Waals surface area contributed by atoms with E-state index >= 15 is 0 Å². The van der Waals surface area contributed by atoms with Crippen LogP contribution >= 0.6 is 0 Å². The molecule has 0 aromatic carbocycles. The molecule has 0 spiro atoms. The summed E-state index contributed by atoms with van der Waals surface area (Å²) in [5, 5.41) is 10.5. The largest absolute Gasteiger partial charge is 0.465 e. The molecule has 240 valence electrons. The molecule has 4 aliphatic rings. The number of unbranched alkanes of at least 4 members (excludes halogenated alkanes) is 1. The SMILES string of the molecule is C[C@H](CO)C1=C[C@@H](CCCCOC(=O)C(C)(C)C)[C@H]2[C@@H]3CC=C4C[C@@H](O[Si](C)(C)C(C)(C)C)CC[C@]4(C)[C@H]3CC[C@]12C. The van der Waals surface area contributed by atoms with E-state index in [1.165, 1.54) is 37.7 Å². The average Bonchev–Trinajstić information content (AvgIpc) is 3.19. The standard InChI is InChI=1S/C37H64O4Si/c1-25(24-38)31-22-26(14-12-13-21-40-33(39)34(2,3)4)32-29-16-15-27-23-28(41-42(10,11)35(5,6)7)17-19-36(27,8)30(29)18-20-37(31,32)9/h15,22,25-26,28-30,32,38H,12-14,16-21,23-24H2,1-11H3/t25-,26-,28+,29-,30+,32+,36+,37-/m1/s1. The van der Waals surface area contributed by atoms with E-state index < -0.39 is 13.7 Å². The fourth-order valence-corrected chi connectivity index (χ4v) is 10.6. The fourth-order valence-electron chi connectivity index (χ4n) is 9.18. The number of aliphatic hydroxyl groups is 1. The predicted octanol–water partition coefficient (Wildman–Crippen LogP) is 9.49. The maximum absolute atomic E-state index is 12.2. The van der Waals surface area contributed by atoms with Gasteiger partial charge in [-0.1, -0.05) is 64.8 Å². The third-order valence-corrected chi connectivity index (χ3v) is 17.2. The first-order valence-electron chi connectivity index (χ1n) is 17.2. The van der Waals surface area contributed by atoms with Gasteiger partial charge in [0.05, 0.1) is 12.0 Å². The van der Waals surface area contributed by atoms with Crippen molar-refractivity contribution < 1.29 is 19.1 Å². The summed E-state index contributed by atoms with van der Waals surface area (Å²) >= 11 is 0. The number of carbonyl (C=O) groups is 1.